The number of nitrogens with one attached hydrogen (secondary N) is 1. The number of rotatable bonds is 8. The van der Waals surface area contributed by atoms with Crippen molar-refractivity contribution in [1.29, 1.82) is 0 Å². The van der Waals surface area contributed by atoms with E-state index in [9.17, 15) is 9.59 Å². The molecule has 0 aromatic heterocycles. The van der Waals surface area contributed by atoms with Crippen LogP contribution in [0.1, 0.15) is 19.8 Å². The highest BCUT2D eigenvalue weighted by Crippen LogP contribution is 2.17. The van der Waals surface area contributed by atoms with E-state index in [2.05, 4.69) is 5.32 Å². The van der Waals surface area contributed by atoms with Crippen molar-refractivity contribution in [3.05, 3.63) is 24.3 Å². The van der Waals surface area contributed by atoms with Crippen molar-refractivity contribution in [3.8, 4) is 11.5 Å². The second kappa shape index (κ2) is 8.04. The number of benzene rings is 1. The maximum absolute atomic E-state index is 11.4. The molecule has 1 amide bonds. The summed E-state index contributed by atoms with van der Waals surface area (Å²) in [6, 6.07) is 6.27. The van der Waals surface area contributed by atoms with Gasteiger partial charge in [0.2, 0.25) is 5.91 Å². The molecule has 0 unspecified atom stereocenters. The van der Waals surface area contributed by atoms with Crippen LogP contribution in [0.15, 0.2) is 24.3 Å². The third-order valence-electron chi connectivity index (χ3n) is 2.62. The van der Waals surface area contributed by atoms with E-state index in [1.807, 2.05) is 0 Å². The van der Waals surface area contributed by atoms with Crippen molar-refractivity contribution in [2.24, 2.45) is 0 Å². The summed E-state index contributed by atoms with van der Waals surface area (Å²) in [6.45, 7) is 1.81. The summed E-state index contributed by atoms with van der Waals surface area (Å²) in [5.74, 6) is 0.107. The molecule has 20 heavy (non-hydrogen) atoms. The van der Waals surface area contributed by atoms with Crippen LogP contribution in [0.25, 0.3) is 0 Å². The van der Waals surface area contributed by atoms with Gasteiger partial charge in [-0.3, -0.25) is 9.59 Å². The van der Waals surface area contributed by atoms with Crippen LogP contribution >= 0.6 is 0 Å². The maximum atomic E-state index is 11.4. The topological polar surface area (TPSA) is 84.9 Å². The zero-order valence-corrected chi connectivity index (χ0v) is 11.6. The van der Waals surface area contributed by atoms with Crippen LogP contribution in [-0.2, 0) is 9.59 Å². The molecule has 0 saturated carbocycles. The highest BCUT2D eigenvalue weighted by molar-refractivity contribution is 5.83. The molecule has 0 fully saturated rings. The Hall–Kier alpha value is -2.24. The number of methoxy groups -OCH3 is 1. The van der Waals surface area contributed by atoms with E-state index >= 15 is 0 Å². The number of hydrogen-bond donors (Lipinski definition) is 2. The van der Waals surface area contributed by atoms with E-state index in [0.29, 0.717) is 18.8 Å². The average Bonchev–Trinajstić information content (AvgIpc) is 2.44. The van der Waals surface area contributed by atoms with Crippen molar-refractivity contribution in [3.63, 3.8) is 0 Å². The molecule has 1 aromatic rings. The molecule has 1 rings (SSSR count). The Balaban J connectivity index is 2.20. The molecule has 6 nitrogen and oxygen atoms in total. The van der Waals surface area contributed by atoms with Gasteiger partial charge in [0.15, 0.2) is 0 Å². The van der Waals surface area contributed by atoms with Crippen molar-refractivity contribution < 1.29 is 24.2 Å². The normalized spacial score (nSPS) is 11.5. The molecule has 2 N–H and O–H groups in total. The van der Waals surface area contributed by atoms with Crippen molar-refractivity contribution in [1.82, 2.24) is 5.32 Å². The first kappa shape index (κ1) is 15.8. The van der Waals surface area contributed by atoms with E-state index in [-0.39, 0.29) is 12.3 Å². The highest BCUT2D eigenvalue weighted by atomic mass is 16.5. The predicted octanol–water partition coefficient (Wildman–Crippen LogP) is 1.44. The second-order valence-electron chi connectivity index (χ2n) is 4.25. The molecule has 1 aromatic carbocycles. The molecule has 0 aliphatic heterocycles. The first-order valence-corrected chi connectivity index (χ1v) is 6.32. The average molecular weight is 281 g/mol. The van der Waals surface area contributed by atoms with Gasteiger partial charge in [-0.05, 0) is 37.6 Å². The minimum atomic E-state index is -1.05. The predicted molar refractivity (Wildman–Crippen MR) is 73.0 cm³/mol. The Morgan fingerprint density at radius 2 is 1.85 bits per heavy atom. The van der Waals surface area contributed by atoms with Crippen LogP contribution in [0.4, 0.5) is 0 Å². The minimum Gasteiger partial charge on any atom is -0.497 e. The Kier molecular flexibility index (Phi) is 6.36. The van der Waals surface area contributed by atoms with Crippen LogP contribution in [0.5, 0.6) is 11.5 Å². The Morgan fingerprint density at radius 1 is 1.25 bits per heavy atom. The second-order valence-corrected chi connectivity index (χ2v) is 4.25. The van der Waals surface area contributed by atoms with Crippen molar-refractivity contribution in [2.75, 3.05) is 13.7 Å². The van der Waals surface area contributed by atoms with Gasteiger partial charge in [-0.1, -0.05) is 0 Å². The molecule has 0 saturated heterocycles. The lowest BCUT2D eigenvalue weighted by molar-refractivity contribution is -0.141. The van der Waals surface area contributed by atoms with Gasteiger partial charge in [-0.25, -0.2) is 0 Å². The lowest BCUT2D eigenvalue weighted by Crippen LogP contribution is -2.38. The van der Waals surface area contributed by atoms with Crippen LogP contribution in [0, 0.1) is 0 Å². The smallest absolute Gasteiger partial charge is 0.325 e. The number of hydrogen-bond acceptors (Lipinski definition) is 4. The molecule has 0 heterocycles. The lowest BCUT2D eigenvalue weighted by atomic mass is 10.2. The number of aliphatic carboxylic acids is 1. The van der Waals surface area contributed by atoms with E-state index < -0.39 is 12.0 Å². The van der Waals surface area contributed by atoms with Gasteiger partial charge in [0.25, 0.3) is 0 Å². The highest BCUT2D eigenvalue weighted by Gasteiger charge is 2.13. The lowest BCUT2D eigenvalue weighted by Gasteiger charge is -2.10. The number of carbonyl (C=O) groups excluding carboxylic acids is 1. The number of carboxylic acids is 1. The van der Waals surface area contributed by atoms with Gasteiger partial charge < -0.3 is 19.9 Å². The summed E-state index contributed by atoms with van der Waals surface area (Å²) in [5.41, 5.74) is 0. The first-order chi connectivity index (χ1) is 9.52. The molecule has 0 aliphatic carbocycles. The fourth-order valence-electron chi connectivity index (χ4n) is 1.47. The summed E-state index contributed by atoms with van der Waals surface area (Å²) in [6.07, 6.45) is 0.748. The molecule has 0 radical (unpaired) electrons. The van der Waals surface area contributed by atoms with E-state index in [0.717, 1.165) is 5.75 Å². The van der Waals surface area contributed by atoms with E-state index in [4.69, 9.17) is 14.6 Å². The van der Waals surface area contributed by atoms with Crippen LogP contribution in [-0.4, -0.2) is 36.7 Å². The fourth-order valence-corrected chi connectivity index (χ4v) is 1.47. The SMILES string of the molecule is COc1ccc(OCCCC(=O)N[C@@H](C)C(=O)O)cc1. The molecule has 0 bridgehead atoms. The van der Waals surface area contributed by atoms with Gasteiger partial charge in [0, 0.05) is 6.42 Å². The Morgan fingerprint density at radius 3 is 2.40 bits per heavy atom. The largest absolute Gasteiger partial charge is 0.497 e. The van der Waals surface area contributed by atoms with Gasteiger partial charge in [0.1, 0.15) is 17.5 Å². The summed E-state index contributed by atoms with van der Waals surface area (Å²) >= 11 is 0. The van der Waals surface area contributed by atoms with Crippen molar-refractivity contribution >= 4 is 11.9 Å². The van der Waals surface area contributed by atoms with Gasteiger partial charge in [-0.2, -0.15) is 0 Å². The molecule has 1 atom stereocenters. The van der Waals surface area contributed by atoms with E-state index in [1.54, 1.807) is 31.4 Å². The first-order valence-electron chi connectivity index (χ1n) is 6.32. The zero-order chi connectivity index (χ0) is 15.0. The summed E-state index contributed by atoms with van der Waals surface area (Å²) in [5, 5.41) is 11.0. The molecular weight excluding hydrogens is 262 g/mol. The van der Waals surface area contributed by atoms with Gasteiger partial charge >= 0.3 is 5.97 Å². The fraction of sp³-hybridized carbons (Fsp3) is 0.429. The molecule has 6 heteroatoms. The van der Waals surface area contributed by atoms with Gasteiger partial charge in [0.05, 0.1) is 13.7 Å². The number of ether oxygens (including phenoxy) is 2. The number of carbonyl (C=O) groups is 2. The zero-order valence-electron chi connectivity index (χ0n) is 11.6. The monoisotopic (exact) mass is 281 g/mol. The molecule has 110 valence electrons. The summed E-state index contributed by atoms with van der Waals surface area (Å²) in [7, 11) is 1.59. The van der Waals surface area contributed by atoms with Crippen LogP contribution in [0.3, 0.4) is 0 Å². The summed E-state index contributed by atoms with van der Waals surface area (Å²) in [4.78, 5) is 22.0. The Labute approximate surface area is 117 Å². The molecule has 0 spiro atoms. The van der Waals surface area contributed by atoms with Crippen LogP contribution in [0.2, 0.25) is 0 Å². The number of amides is 1. The number of carboxylic acid groups (broad SMARTS) is 1. The molecule has 0 aliphatic rings. The maximum Gasteiger partial charge on any atom is 0.325 e. The van der Waals surface area contributed by atoms with Gasteiger partial charge in [-0.15, -0.1) is 0 Å². The van der Waals surface area contributed by atoms with Crippen LogP contribution < -0.4 is 14.8 Å². The minimum absolute atomic E-state index is 0.230. The Bertz CT molecular complexity index is 443. The standard InChI is InChI=1S/C14H19NO5/c1-10(14(17)18)15-13(16)4-3-9-20-12-7-5-11(19-2)6-8-12/h5-8,10H,3-4,9H2,1-2H3,(H,15,16)(H,17,18)/t10-/m0/s1. The molecular formula is C14H19NO5. The van der Waals surface area contributed by atoms with E-state index in [1.165, 1.54) is 6.92 Å². The quantitative estimate of drug-likeness (QED) is 0.704. The third kappa shape index (κ3) is 5.60. The summed E-state index contributed by atoms with van der Waals surface area (Å²) < 4.78 is 10.5. The van der Waals surface area contributed by atoms with Crippen molar-refractivity contribution in [2.45, 2.75) is 25.8 Å². The third-order valence-corrected chi connectivity index (χ3v) is 2.62.